The Morgan fingerprint density at radius 2 is 2.12 bits per heavy atom. The van der Waals surface area contributed by atoms with E-state index in [0.29, 0.717) is 22.6 Å². The van der Waals surface area contributed by atoms with E-state index in [2.05, 4.69) is 42.5 Å². The van der Waals surface area contributed by atoms with Gasteiger partial charge in [0.2, 0.25) is 0 Å². The van der Waals surface area contributed by atoms with Crippen LogP contribution in [0.3, 0.4) is 0 Å². The summed E-state index contributed by atoms with van der Waals surface area (Å²) in [5.41, 5.74) is 1.76. The van der Waals surface area contributed by atoms with Crippen LogP contribution in [0.1, 0.15) is 24.5 Å². The zero-order valence-electron chi connectivity index (χ0n) is 8.77. The van der Waals surface area contributed by atoms with Gasteiger partial charge in [-0.2, -0.15) is 0 Å². The highest BCUT2D eigenvalue weighted by atomic mass is 127. The van der Waals surface area contributed by atoms with E-state index in [9.17, 15) is 0 Å². The standard InChI is InChI=1S/C11H8ClIN4/c12-10-8(13)9(6-1-2-6)16-11(17-10)7-3-4-14-5-15-7/h3-6H,1-2H2. The SMILES string of the molecule is Clc1nc(-c2ccncn2)nc(C2CC2)c1I. The van der Waals surface area contributed by atoms with Crippen LogP contribution < -0.4 is 0 Å². The fourth-order valence-corrected chi connectivity index (χ4v) is 2.46. The van der Waals surface area contributed by atoms with Gasteiger partial charge in [0.15, 0.2) is 5.82 Å². The molecule has 0 bridgehead atoms. The van der Waals surface area contributed by atoms with Crippen molar-refractivity contribution in [3.63, 3.8) is 0 Å². The molecule has 0 saturated heterocycles. The van der Waals surface area contributed by atoms with Crippen LogP contribution in [0.25, 0.3) is 11.5 Å². The van der Waals surface area contributed by atoms with Crippen molar-refractivity contribution in [3.8, 4) is 11.5 Å². The quantitative estimate of drug-likeness (QED) is 0.611. The summed E-state index contributed by atoms with van der Waals surface area (Å²) in [4.78, 5) is 16.9. The van der Waals surface area contributed by atoms with E-state index in [-0.39, 0.29) is 0 Å². The van der Waals surface area contributed by atoms with Gasteiger partial charge in [0, 0.05) is 12.1 Å². The molecule has 0 aliphatic heterocycles. The lowest BCUT2D eigenvalue weighted by atomic mass is 10.2. The average molecular weight is 359 g/mol. The van der Waals surface area contributed by atoms with Gasteiger partial charge in [-0.1, -0.05) is 11.6 Å². The fourth-order valence-electron chi connectivity index (χ4n) is 1.60. The minimum atomic E-state index is 0.510. The second-order valence-corrected chi connectivity index (χ2v) is 5.34. The van der Waals surface area contributed by atoms with Crippen molar-refractivity contribution in [2.24, 2.45) is 0 Å². The Balaban J connectivity index is 2.12. The number of hydrogen-bond donors (Lipinski definition) is 0. The molecule has 4 nitrogen and oxygen atoms in total. The summed E-state index contributed by atoms with van der Waals surface area (Å²) in [6.07, 6.45) is 5.54. The highest BCUT2D eigenvalue weighted by molar-refractivity contribution is 14.1. The minimum absolute atomic E-state index is 0.510. The molecule has 2 aromatic heterocycles. The number of aromatic nitrogens is 4. The first-order chi connectivity index (χ1) is 8.25. The predicted molar refractivity (Wildman–Crippen MR) is 72.8 cm³/mol. The molecule has 0 amide bonds. The van der Waals surface area contributed by atoms with E-state index in [0.717, 1.165) is 9.26 Å². The van der Waals surface area contributed by atoms with Crippen LogP contribution in [0, 0.1) is 3.57 Å². The molecule has 1 aliphatic carbocycles. The molecule has 86 valence electrons. The summed E-state index contributed by atoms with van der Waals surface area (Å²) in [6, 6.07) is 1.79. The molecule has 2 aromatic rings. The molecule has 6 heteroatoms. The maximum atomic E-state index is 6.14. The first kappa shape index (κ1) is 11.3. The van der Waals surface area contributed by atoms with E-state index < -0.39 is 0 Å². The van der Waals surface area contributed by atoms with Crippen LogP contribution in [0.4, 0.5) is 0 Å². The van der Waals surface area contributed by atoms with E-state index >= 15 is 0 Å². The average Bonchev–Trinajstić information content (AvgIpc) is 3.18. The van der Waals surface area contributed by atoms with Gasteiger partial charge in [-0.15, -0.1) is 0 Å². The Morgan fingerprint density at radius 3 is 2.76 bits per heavy atom. The zero-order valence-corrected chi connectivity index (χ0v) is 11.7. The summed E-state index contributed by atoms with van der Waals surface area (Å²) < 4.78 is 0.963. The molecule has 0 N–H and O–H groups in total. The summed E-state index contributed by atoms with van der Waals surface area (Å²) in [6.45, 7) is 0. The topological polar surface area (TPSA) is 51.6 Å². The third-order valence-electron chi connectivity index (χ3n) is 2.61. The Bertz CT molecular complexity index is 557. The molecule has 17 heavy (non-hydrogen) atoms. The fraction of sp³-hybridized carbons (Fsp3) is 0.273. The molecule has 1 aliphatic rings. The highest BCUT2D eigenvalue weighted by Gasteiger charge is 2.29. The lowest BCUT2D eigenvalue weighted by Gasteiger charge is -2.06. The maximum Gasteiger partial charge on any atom is 0.180 e. The van der Waals surface area contributed by atoms with Crippen molar-refractivity contribution in [2.75, 3.05) is 0 Å². The Kier molecular flexibility index (Phi) is 2.96. The summed E-state index contributed by atoms with van der Waals surface area (Å²) in [7, 11) is 0. The van der Waals surface area contributed by atoms with Crippen LogP contribution in [-0.4, -0.2) is 19.9 Å². The van der Waals surface area contributed by atoms with E-state index in [4.69, 9.17) is 11.6 Å². The number of halogens is 2. The molecule has 0 radical (unpaired) electrons. The summed E-state index contributed by atoms with van der Waals surface area (Å²) in [5.74, 6) is 1.13. The Morgan fingerprint density at radius 1 is 1.29 bits per heavy atom. The molecule has 3 rings (SSSR count). The minimum Gasteiger partial charge on any atom is -0.245 e. The third kappa shape index (κ3) is 2.26. The molecule has 1 saturated carbocycles. The highest BCUT2D eigenvalue weighted by Crippen LogP contribution is 2.42. The molecule has 2 heterocycles. The molecule has 0 unspecified atom stereocenters. The molecule has 0 atom stereocenters. The van der Waals surface area contributed by atoms with E-state index in [1.807, 2.05) is 0 Å². The lowest BCUT2D eigenvalue weighted by molar-refractivity contribution is 0.969. The van der Waals surface area contributed by atoms with Gasteiger partial charge >= 0.3 is 0 Å². The molecule has 0 spiro atoms. The van der Waals surface area contributed by atoms with E-state index in [1.165, 1.54) is 19.2 Å². The van der Waals surface area contributed by atoms with Gasteiger partial charge in [0.05, 0.1) is 9.26 Å². The van der Waals surface area contributed by atoms with Crippen LogP contribution in [-0.2, 0) is 0 Å². The third-order valence-corrected chi connectivity index (χ3v) is 4.27. The van der Waals surface area contributed by atoms with Crippen molar-refractivity contribution >= 4 is 34.2 Å². The monoisotopic (exact) mass is 358 g/mol. The zero-order chi connectivity index (χ0) is 11.8. The molecular formula is C11H8ClIN4. The number of hydrogen-bond acceptors (Lipinski definition) is 4. The maximum absolute atomic E-state index is 6.14. The first-order valence-corrected chi connectivity index (χ1v) is 6.70. The van der Waals surface area contributed by atoms with Crippen LogP contribution >= 0.6 is 34.2 Å². The second-order valence-electron chi connectivity index (χ2n) is 3.91. The Labute approximate surface area is 117 Å². The largest absolute Gasteiger partial charge is 0.245 e. The van der Waals surface area contributed by atoms with Crippen molar-refractivity contribution in [1.29, 1.82) is 0 Å². The normalized spacial score (nSPS) is 14.9. The summed E-state index contributed by atoms with van der Waals surface area (Å²) in [5, 5.41) is 0.510. The van der Waals surface area contributed by atoms with Crippen molar-refractivity contribution in [1.82, 2.24) is 19.9 Å². The van der Waals surface area contributed by atoms with Crippen LogP contribution in [0.2, 0.25) is 5.15 Å². The van der Waals surface area contributed by atoms with Crippen molar-refractivity contribution < 1.29 is 0 Å². The molecule has 1 fully saturated rings. The first-order valence-electron chi connectivity index (χ1n) is 5.25. The van der Waals surface area contributed by atoms with Gasteiger partial charge in [0.25, 0.3) is 0 Å². The summed E-state index contributed by atoms with van der Waals surface area (Å²) >= 11 is 8.35. The van der Waals surface area contributed by atoms with Gasteiger partial charge in [-0.25, -0.2) is 19.9 Å². The van der Waals surface area contributed by atoms with Gasteiger partial charge in [0.1, 0.15) is 17.2 Å². The van der Waals surface area contributed by atoms with Crippen molar-refractivity contribution in [3.05, 3.63) is 33.0 Å². The number of rotatable bonds is 2. The smallest absolute Gasteiger partial charge is 0.180 e. The lowest BCUT2D eigenvalue weighted by Crippen LogP contribution is -2.00. The molecular weight excluding hydrogens is 351 g/mol. The van der Waals surface area contributed by atoms with Crippen molar-refractivity contribution in [2.45, 2.75) is 18.8 Å². The van der Waals surface area contributed by atoms with Crippen LogP contribution in [0.15, 0.2) is 18.6 Å². The number of nitrogens with zero attached hydrogens (tertiary/aromatic N) is 4. The predicted octanol–water partition coefficient (Wildman–Crippen LogP) is 3.07. The van der Waals surface area contributed by atoms with Crippen LogP contribution in [0.5, 0.6) is 0 Å². The Hall–Kier alpha value is -0.820. The van der Waals surface area contributed by atoms with Gasteiger partial charge < -0.3 is 0 Å². The van der Waals surface area contributed by atoms with Gasteiger partial charge in [-0.3, -0.25) is 0 Å². The molecule has 0 aromatic carbocycles. The van der Waals surface area contributed by atoms with Gasteiger partial charge in [-0.05, 0) is 41.5 Å². The van der Waals surface area contributed by atoms with E-state index in [1.54, 1.807) is 12.3 Å². The second kappa shape index (κ2) is 4.45.